The molecule has 1 aromatic heterocycles. The van der Waals surface area contributed by atoms with Crippen LogP contribution in [0.15, 0.2) is 72.8 Å². The molecule has 2 N–H and O–H groups in total. The lowest BCUT2D eigenvalue weighted by Gasteiger charge is -2.12. The van der Waals surface area contributed by atoms with Crippen LogP contribution in [-0.2, 0) is 6.42 Å². The molecule has 0 saturated carbocycles. The molecule has 1 aliphatic carbocycles. The lowest BCUT2D eigenvalue weighted by atomic mass is 9.96. The highest BCUT2D eigenvalue weighted by Gasteiger charge is 2.26. The van der Waals surface area contributed by atoms with E-state index in [2.05, 4.69) is 6.07 Å². The van der Waals surface area contributed by atoms with Crippen molar-refractivity contribution in [3.63, 3.8) is 0 Å². The Bertz CT molecular complexity index is 1220. The molecule has 0 atom stereocenters. The van der Waals surface area contributed by atoms with Gasteiger partial charge in [0.15, 0.2) is 0 Å². The van der Waals surface area contributed by atoms with Crippen molar-refractivity contribution in [2.45, 2.75) is 6.42 Å². The smallest absolute Gasteiger partial charge is 0.119 e. The zero-order chi connectivity index (χ0) is 19.3. The fourth-order valence-electron chi connectivity index (χ4n) is 3.83. The first-order valence-corrected chi connectivity index (χ1v) is 9.38. The minimum Gasteiger partial charge on any atom is -0.508 e. The molecule has 0 saturated heterocycles. The maximum absolute atomic E-state index is 10.3. The average molecular weight is 386 g/mol. The number of nitrogens with zero attached hydrogens (tertiary/aromatic N) is 1. The predicted octanol–water partition coefficient (Wildman–Crippen LogP) is 6.05. The Hall–Kier alpha value is -3.30. The number of phenolic OH excluding ortho intramolecular Hbond substituents is 2. The number of hydrogen-bond donors (Lipinski definition) is 2. The fraction of sp³-hybridized carbons (Fsp3) is 0.0417. The van der Waals surface area contributed by atoms with E-state index in [-0.39, 0.29) is 5.75 Å². The number of phenols is 2. The molecule has 0 aliphatic heterocycles. The van der Waals surface area contributed by atoms with E-state index in [0.29, 0.717) is 17.2 Å². The summed E-state index contributed by atoms with van der Waals surface area (Å²) >= 11 is 6.25. The Balaban J connectivity index is 1.79. The average Bonchev–Trinajstić information content (AvgIpc) is 3.08. The molecule has 1 heterocycles. The highest BCUT2D eigenvalue weighted by molar-refractivity contribution is 6.30. The number of fused-ring (bicyclic) bond motifs is 3. The third-order valence-corrected chi connectivity index (χ3v) is 5.42. The summed E-state index contributed by atoms with van der Waals surface area (Å²) in [7, 11) is 0. The van der Waals surface area contributed by atoms with Crippen LogP contribution in [0.2, 0.25) is 5.02 Å². The van der Waals surface area contributed by atoms with Crippen molar-refractivity contribution >= 4 is 11.6 Å². The molecule has 0 fully saturated rings. The van der Waals surface area contributed by atoms with Crippen LogP contribution >= 0.6 is 11.6 Å². The quantitative estimate of drug-likeness (QED) is 0.389. The molecular formula is C24H16ClNO2. The third-order valence-electron chi connectivity index (χ3n) is 5.18. The van der Waals surface area contributed by atoms with Gasteiger partial charge in [0.05, 0.1) is 11.4 Å². The minimum atomic E-state index is 0.218. The predicted molar refractivity (Wildman–Crippen MR) is 112 cm³/mol. The molecule has 0 unspecified atom stereocenters. The standard InChI is InChI=1S/C24H16ClNO2/c25-16-4-1-3-15(11-16)19-13-22(14-7-9-17(27)10-8-14)26-24-18-5-2-6-23(28)20(18)12-21(19)24/h1-11,13,27-28H,12H2. The van der Waals surface area contributed by atoms with E-state index in [1.165, 1.54) is 0 Å². The van der Waals surface area contributed by atoms with E-state index in [1.54, 1.807) is 18.2 Å². The van der Waals surface area contributed by atoms with Crippen molar-refractivity contribution in [1.29, 1.82) is 0 Å². The minimum absolute atomic E-state index is 0.218. The summed E-state index contributed by atoms with van der Waals surface area (Å²) in [5.74, 6) is 0.508. The summed E-state index contributed by atoms with van der Waals surface area (Å²) in [6.07, 6.45) is 0.627. The molecule has 0 radical (unpaired) electrons. The Morgan fingerprint density at radius 1 is 0.750 bits per heavy atom. The van der Waals surface area contributed by atoms with E-state index >= 15 is 0 Å². The second-order valence-electron chi connectivity index (χ2n) is 6.92. The van der Waals surface area contributed by atoms with Crippen molar-refractivity contribution in [2.24, 2.45) is 0 Å². The number of aromatic nitrogens is 1. The highest BCUT2D eigenvalue weighted by Crippen LogP contribution is 2.45. The largest absolute Gasteiger partial charge is 0.508 e. The second kappa shape index (κ2) is 6.39. The van der Waals surface area contributed by atoms with Gasteiger partial charge in [-0.05, 0) is 65.2 Å². The summed E-state index contributed by atoms with van der Waals surface area (Å²) < 4.78 is 0. The van der Waals surface area contributed by atoms with Crippen molar-refractivity contribution in [2.75, 3.05) is 0 Å². The SMILES string of the molecule is Oc1ccc(-c2cc(-c3cccc(Cl)c3)c3c(n2)-c2cccc(O)c2C3)cc1. The Labute approximate surface area is 167 Å². The molecule has 3 nitrogen and oxygen atoms in total. The molecule has 5 rings (SSSR count). The van der Waals surface area contributed by atoms with Gasteiger partial charge < -0.3 is 10.2 Å². The number of aromatic hydroxyl groups is 2. The molecule has 136 valence electrons. The van der Waals surface area contributed by atoms with Crippen LogP contribution in [0.3, 0.4) is 0 Å². The topological polar surface area (TPSA) is 53.4 Å². The van der Waals surface area contributed by atoms with Crippen LogP contribution in [0.5, 0.6) is 11.5 Å². The van der Waals surface area contributed by atoms with Crippen LogP contribution < -0.4 is 0 Å². The van der Waals surface area contributed by atoms with Crippen LogP contribution in [-0.4, -0.2) is 15.2 Å². The molecule has 0 spiro atoms. The van der Waals surface area contributed by atoms with Gasteiger partial charge in [0, 0.05) is 28.1 Å². The zero-order valence-electron chi connectivity index (χ0n) is 14.9. The number of pyridine rings is 1. The Morgan fingerprint density at radius 3 is 2.32 bits per heavy atom. The van der Waals surface area contributed by atoms with Gasteiger partial charge in [-0.25, -0.2) is 4.98 Å². The van der Waals surface area contributed by atoms with Gasteiger partial charge in [-0.3, -0.25) is 0 Å². The van der Waals surface area contributed by atoms with Crippen LogP contribution in [0.1, 0.15) is 11.1 Å². The zero-order valence-corrected chi connectivity index (χ0v) is 15.6. The van der Waals surface area contributed by atoms with Crippen molar-refractivity contribution in [3.8, 4) is 45.1 Å². The first-order chi connectivity index (χ1) is 13.6. The number of benzene rings is 3. The van der Waals surface area contributed by atoms with E-state index in [1.807, 2.05) is 48.5 Å². The molecule has 0 amide bonds. The molecule has 1 aliphatic rings. The first-order valence-electron chi connectivity index (χ1n) is 9.00. The normalized spacial score (nSPS) is 11.9. The van der Waals surface area contributed by atoms with E-state index in [0.717, 1.165) is 44.8 Å². The van der Waals surface area contributed by atoms with Gasteiger partial charge in [0.1, 0.15) is 11.5 Å². The van der Waals surface area contributed by atoms with Gasteiger partial charge in [0.25, 0.3) is 0 Å². The maximum Gasteiger partial charge on any atom is 0.119 e. The van der Waals surface area contributed by atoms with Crippen molar-refractivity contribution in [1.82, 2.24) is 4.98 Å². The molecule has 4 heteroatoms. The van der Waals surface area contributed by atoms with E-state index in [4.69, 9.17) is 16.6 Å². The van der Waals surface area contributed by atoms with Crippen molar-refractivity contribution < 1.29 is 10.2 Å². The number of halogens is 1. The third kappa shape index (κ3) is 2.72. The maximum atomic E-state index is 10.3. The molecule has 3 aromatic carbocycles. The second-order valence-corrected chi connectivity index (χ2v) is 7.36. The number of rotatable bonds is 2. The summed E-state index contributed by atoms with van der Waals surface area (Å²) in [6, 6.07) is 22.4. The van der Waals surface area contributed by atoms with Gasteiger partial charge >= 0.3 is 0 Å². The highest BCUT2D eigenvalue weighted by atomic mass is 35.5. The first kappa shape index (κ1) is 16.8. The van der Waals surface area contributed by atoms with Gasteiger partial charge in [-0.2, -0.15) is 0 Å². The Kier molecular flexibility index (Phi) is 3.85. The molecule has 4 aromatic rings. The van der Waals surface area contributed by atoms with Gasteiger partial charge in [-0.1, -0.05) is 35.9 Å². The monoisotopic (exact) mass is 385 g/mol. The molecular weight excluding hydrogens is 370 g/mol. The van der Waals surface area contributed by atoms with Gasteiger partial charge in [-0.15, -0.1) is 0 Å². The van der Waals surface area contributed by atoms with Crippen LogP contribution in [0.25, 0.3) is 33.6 Å². The van der Waals surface area contributed by atoms with Crippen LogP contribution in [0.4, 0.5) is 0 Å². The summed E-state index contributed by atoms with van der Waals surface area (Å²) in [5.41, 5.74) is 7.61. The summed E-state index contributed by atoms with van der Waals surface area (Å²) in [5, 5.41) is 20.6. The lowest BCUT2D eigenvalue weighted by molar-refractivity contribution is 0.470. The Morgan fingerprint density at radius 2 is 1.54 bits per heavy atom. The summed E-state index contributed by atoms with van der Waals surface area (Å²) in [6.45, 7) is 0. The van der Waals surface area contributed by atoms with Crippen molar-refractivity contribution in [3.05, 3.63) is 88.9 Å². The fourth-order valence-corrected chi connectivity index (χ4v) is 4.02. The van der Waals surface area contributed by atoms with E-state index in [9.17, 15) is 10.2 Å². The summed E-state index contributed by atoms with van der Waals surface area (Å²) in [4.78, 5) is 4.92. The van der Waals surface area contributed by atoms with E-state index < -0.39 is 0 Å². The van der Waals surface area contributed by atoms with Crippen LogP contribution in [0, 0.1) is 0 Å². The molecule has 28 heavy (non-hydrogen) atoms. The van der Waals surface area contributed by atoms with Gasteiger partial charge in [0.2, 0.25) is 0 Å². The lowest BCUT2D eigenvalue weighted by Crippen LogP contribution is -1.94. The number of hydrogen-bond acceptors (Lipinski definition) is 3. The molecule has 0 bridgehead atoms.